The van der Waals surface area contributed by atoms with Crippen molar-refractivity contribution in [2.45, 2.75) is 58.7 Å². The average molecular weight is 390 g/mol. The van der Waals surface area contributed by atoms with E-state index in [9.17, 15) is 14.0 Å². The van der Waals surface area contributed by atoms with E-state index in [-0.39, 0.29) is 35.5 Å². The van der Waals surface area contributed by atoms with E-state index in [0.29, 0.717) is 12.2 Å². The number of nitrogens with two attached hydrogens (primary N) is 1. The van der Waals surface area contributed by atoms with Crippen molar-refractivity contribution in [3.8, 4) is 0 Å². The van der Waals surface area contributed by atoms with Crippen LogP contribution in [0.4, 0.5) is 10.2 Å². The topological polar surface area (TPSA) is 90.5 Å². The number of rotatable bonds is 3. The zero-order valence-electron chi connectivity index (χ0n) is 17.0. The van der Waals surface area contributed by atoms with Gasteiger partial charge in [-0.05, 0) is 47.1 Å². The predicted molar refractivity (Wildman–Crippen MR) is 106 cm³/mol. The zero-order valence-corrected chi connectivity index (χ0v) is 17.0. The maximum absolute atomic E-state index is 15.0. The Morgan fingerprint density at radius 1 is 1.43 bits per heavy atom. The number of anilines is 1. The number of aromatic nitrogens is 2. The molecule has 8 heteroatoms. The lowest BCUT2D eigenvalue weighted by Gasteiger charge is -2.28. The van der Waals surface area contributed by atoms with Gasteiger partial charge in [0.15, 0.2) is 11.6 Å². The molecule has 1 fully saturated rings. The fraction of sp³-hybridized carbons (Fsp3) is 0.550. The van der Waals surface area contributed by atoms with Gasteiger partial charge in [-0.3, -0.25) is 4.79 Å². The molecule has 2 atom stereocenters. The van der Waals surface area contributed by atoms with Crippen LogP contribution in [0.25, 0.3) is 11.0 Å². The van der Waals surface area contributed by atoms with Crippen molar-refractivity contribution in [3.05, 3.63) is 33.9 Å². The Balaban J connectivity index is 2.29. The zero-order chi connectivity index (χ0) is 20.8. The summed E-state index contributed by atoms with van der Waals surface area (Å²) in [6.07, 6.45) is 2.20. The Morgan fingerprint density at radius 3 is 2.64 bits per heavy atom. The van der Waals surface area contributed by atoms with Crippen LogP contribution in [0.3, 0.4) is 0 Å². The molecule has 1 aliphatic heterocycles. The molecule has 152 valence electrons. The number of carbonyl (C=O) groups excluding carboxylic acids is 1. The number of esters is 1. The highest BCUT2D eigenvalue weighted by atomic mass is 19.1. The van der Waals surface area contributed by atoms with Crippen LogP contribution in [0.5, 0.6) is 0 Å². The Kier molecular flexibility index (Phi) is 5.18. The van der Waals surface area contributed by atoms with Crippen LogP contribution >= 0.6 is 0 Å². The number of carbonyl (C=O) groups is 1. The van der Waals surface area contributed by atoms with Crippen LogP contribution in [-0.2, 0) is 10.3 Å². The minimum atomic E-state index is -0.726. The third-order valence-electron chi connectivity index (χ3n) is 5.01. The first-order valence-electron chi connectivity index (χ1n) is 9.50. The van der Waals surface area contributed by atoms with Gasteiger partial charge in [-0.15, -0.1) is 0 Å². The Bertz CT molecular complexity index is 980. The molecule has 2 N–H and O–H groups in total. The minimum absolute atomic E-state index is 0.0445. The fourth-order valence-electron chi connectivity index (χ4n) is 3.65. The van der Waals surface area contributed by atoms with Gasteiger partial charge in [0.1, 0.15) is 11.2 Å². The van der Waals surface area contributed by atoms with Gasteiger partial charge in [0.2, 0.25) is 5.43 Å². The molecule has 0 aromatic carbocycles. The van der Waals surface area contributed by atoms with Crippen molar-refractivity contribution in [1.29, 1.82) is 0 Å². The van der Waals surface area contributed by atoms with E-state index in [2.05, 4.69) is 4.98 Å². The molecule has 0 bridgehead atoms. The Hall–Kier alpha value is -2.48. The van der Waals surface area contributed by atoms with Crippen molar-refractivity contribution < 1.29 is 13.9 Å². The summed E-state index contributed by atoms with van der Waals surface area (Å²) in [6.45, 7) is 10.0. The molecule has 0 aliphatic carbocycles. The third kappa shape index (κ3) is 3.48. The van der Waals surface area contributed by atoms with Crippen LogP contribution in [0.2, 0.25) is 0 Å². The summed E-state index contributed by atoms with van der Waals surface area (Å²) < 4.78 is 21.7. The lowest BCUT2D eigenvalue weighted by atomic mass is 10.1. The first-order chi connectivity index (χ1) is 13.0. The van der Waals surface area contributed by atoms with Gasteiger partial charge in [-0.25, -0.2) is 14.2 Å². The minimum Gasteiger partial charge on any atom is -0.462 e. The predicted octanol–water partition coefficient (Wildman–Crippen LogP) is 2.39. The normalized spacial score (nSPS) is 20.0. The molecule has 28 heavy (non-hydrogen) atoms. The second-order valence-electron chi connectivity index (χ2n) is 8.30. The monoisotopic (exact) mass is 390 g/mol. The number of hydrogen-bond acceptors (Lipinski definition) is 6. The van der Waals surface area contributed by atoms with Crippen molar-refractivity contribution in [3.63, 3.8) is 0 Å². The highest BCUT2D eigenvalue weighted by Gasteiger charge is 2.31. The van der Waals surface area contributed by atoms with E-state index in [1.54, 1.807) is 11.5 Å². The van der Waals surface area contributed by atoms with Crippen molar-refractivity contribution in [2.24, 2.45) is 5.73 Å². The van der Waals surface area contributed by atoms with Gasteiger partial charge in [-0.2, -0.15) is 0 Å². The summed E-state index contributed by atoms with van der Waals surface area (Å²) in [4.78, 5) is 31.5. The fourth-order valence-corrected chi connectivity index (χ4v) is 3.65. The third-order valence-corrected chi connectivity index (χ3v) is 5.01. The molecule has 3 heterocycles. The van der Waals surface area contributed by atoms with Gasteiger partial charge in [0, 0.05) is 30.4 Å². The summed E-state index contributed by atoms with van der Waals surface area (Å²) in [7, 11) is 0. The van der Waals surface area contributed by atoms with Crippen LogP contribution in [0.1, 0.15) is 51.4 Å². The number of ether oxygens (including phenoxy) is 1. The largest absolute Gasteiger partial charge is 0.462 e. The van der Waals surface area contributed by atoms with Gasteiger partial charge in [-0.1, -0.05) is 0 Å². The van der Waals surface area contributed by atoms with Crippen molar-refractivity contribution >= 4 is 22.8 Å². The molecule has 0 unspecified atom stereocenters. The average Bonchev–Trinajstić information content (AvgIpc) is 2.92. The maximum atomic E-state index is 15.0. The molecule has 0 amide bonds. The van der Waals surface area contributed by atoms with Gasteiger partial charge < -0.3 is 19.9 Å². The number of pyridine rings is 2. The number of fused-ring (bicyclic) bond motifs is 1. The number of halogens is 1. The van der Waals surface area contributed by atoms with Gasteiger partial charge in [0.25, 0.3) is 0 Å². The summed E-state index contributed by atoms with van der Waals surface area (Å²) in [6, 6.07) is 1.16. The number of hydrogen-bond donors (Lipinski definition) is 1. The van der Waals surface area contributed by atoms with E-state index >= 15 is 0 Å². The van der Waals surface area contributed by atoms with Gasteiger partial charge in [0.05, 0.1) is 12.0 Å². The molecule has 2 aromatic rings. The highest BCUT2D eigenvalue weighted by Crippen LogP contribution is 2.29. The standard InChI is InChI=1S/C20H27FN4O3/c1-6-28-19(27)14-10-25(20(3,4)5)17-13(16(14)26)8-15(21)18(23-17)24-9-12(22)7-11(24)2/h8,10-12H,6-7,9,22H2,1-5H3/t11-,12-/m1/s1. The van der Waals surface area contributed by atoms with E-state index in [4.69, 9.17) is 10.5 Å². The van der Waals surface area contributed by atoms with E-state index in [0.717, 1.165) is 6.42 Å². The lowest BCUT2D eigenvalue weighted by molar-refractivity contribution is 0.0524. The lowest BCUT2D eigenvalue weighted by Crippen LogP contribution is -2.32. The maximum Gasteiger partial charge on any atom is 0.343 e. The van der Waals surface area contributed by atoms with Crippen molar-refractivity contribution in [2.75, 3.05) is 18.1 Å². The highest BCUT2D eigenvalue weighted by molar-refractivity contribution is 5.93. The summed E-state index contributed by atoms with van der Waals surface area (Å²) in [5, 5.41) is 0.0536. The van der Waals surface area contributed by atoms with E-state index < -0.39 is 22.8 Å². The molecular formula is C20H27FN4O3. The molecule has 1 saturated heterocycles. The Morgan fingerprint density at radius 2 is 2.11 bits per heavy atom. The Labute approximate surface area is 163 Å². The second-order valence-corrected chi connectivity index (χ2v) is 8.30. The van der Waals surface area contributed by atoms with Crippen LogP contribution in [-0.4, -0.2) is 40.8 Å². The molecule has 3 rings (SSSR count). The second kappa shape index (κ2) is 7.16. The molecule has 0 spiro atoms. The first-order valence-corrected chi connectivity index (χ1v) is 9.50. The smallest absolute Gasteiger partial charge is 0.343 e. The van der Waals surface area contributed by atoms with Crippen LogP contribution in [0.15, 0.2) is 17.1 Å². The van der Waals surface area contributed by atoms with Crippen LogP contribution in [0, 0.1) is 5.82 Å². The summed E-state index contributed by atoms with van der Waals surface area (Å²) in [5.41, 5.74) is 5.14. The first kappa shape index (κ1) is 20.3. The molecule has 7 nitrogen and oxygen atoms in total. The summed E-state index contributed by atoms with van der Waals surface area (Å²) >= 11 is 0. The van der Waals surface area contributed by atoms with Crippen LogP contribution < -0.4 is 16.1 Å². The molecule has 0 radical (unpaired) electrons. The summed E-state index contributed by atoms with van der Waals surface area (Å²) in [5.74, 6) is -1.16. The quantitative estimate of drug-likeness (QED) is 0.810. The molecular weight excluding hydrogens is 363 g/mol. The van der Waals surface area contributed by atoms with Crippen molar-refractivity contribution in [1.82, 2.24) is 9.55 Å². The van der Waals surface area contributed by atoms with E-state index in [1.165, 1.54) is 12.3 Å². The molecule has 0 saturated carbocycles. The molecule has 1 aliphatic rings. The van der Waals surface area contributed by atoms with E-state index in [1.807, 2.05) is 32.6 Å². The van der Waals surface area contributed by atoms with Gasteiger partial charge >= 0.3 is 5.97 Å². The SMILES string of the molecule is CCOC(=O)c1cn(C(C)(C)C)c2nc(N3C[C@H](N)C[C@H]3C)c(F)cc2c1=O. The molecule has 2 aromatic heterocycles. The number of nitrogens with zero attached hydrogens (tertiary/aromatic N) is 3.